The molecule has 0 radical (unpaired) electrons. The zero-order valence-corrected chi connectivity index (χ0v) is 8.40. The van der Waals surface area contributed by atoms with Crippen LogP contribution in [-0.2, 0) is 6.54 Å². The van der Waals surface area contributed by atoms with Gasteiger partial charge >= 0.3 is 0 Å². The molecule has 0 saturated carbocycles. The third-order valence-electron chi connectivity index (χ3n) is 2.16. The molecule has 4 nitrogen and oxygen atoms in total. The van der Waals surface area contributed by atoms with E-state index in [9.17, 15) is 5.11 Å². The summed E-state index contributed by atoms with van der Waals surface area (Å²) in [4.78, 5) is 4.14. The summed E-state index contributed by atoms with van der Waals surface area (Å²) in [5.74, 6) is 1.24. The summed E-state index contributed by atoms with van der Waals surface area (Å²) in [5, 5.41) is 9.65. The Kier molecular flexibility index (Phi) is 2.43. The Bertz CT molecular complexity index is 477. The molecule has 1 aromatic heterocycles. The molecular weight excluding hydrogens is 192 g/mol. The van der Waals surface area contributed by atoms with Gasteiger partial charge in [-0.15, -0.1) is 0 Å². The van der Waals surface area contributed by atoms with Gasteiger partial charge in [-0.1, -0.05) is 12.1 Å². The Morgan fingerprint density at radius 2 is 2.13 bits per heavy atom. The second kappa shape index (κ2) is 3.74. The van der Waals surface area contributed by atoms with Crippen LogP contribution in [0.3, 0.4) is 0 Å². The second-order valence-corrected chi connectivity index (χ2v) is 3.24. The van der Waals surface area contributed by atoms with E-state index in [2.05, 4.69) is 4.98 Å². The monoisotopic (exact) mass is 204 g/mol. The fourth-order valence-electron chi connectivity index (χ4n) is 1.46. The van der Waals surface area contributed by atoms with Crippen LogP contribution in [0.25, 0.3) is 11.3 Å². The van der Waals surface area contributed by atoms with Crippen LogP contribution in [0.5, 0.6) is 5.75 Å². The van der Waals surface area contributed by atoms with Crippen molar-refractivity contribution in [2.75, 3.05) is 0 Å². The molecule has 2 rings (SSSR count). The highest BCUT2D eigenvalue weighted by atomic mass is 16.4. The zero-order chi connectivity index (χ0) is 10.8. The Morgan fingerprint density at radius 1 is 1.40 bits per heavy atom. The first-order valence-corrected chi connectivity index (χ1v) is 4.67. The van der Waals surface area contributed by atoms with E-state index in [0.29, 0.717) is 17.2 Å². The molecule has 0 aliphatic heterocycles. The van der Waals surface area contributed by atoms with E-state index in [-0.39, 0.29) is 12.3 Å². The summed E-state index contributed by atoms with van der Waals surface area (Å²) in [6.45, 7) is 2.08. The highest BCUT2D eigenvalue weighted by Crippen LogP contribution is 2.31. The Hall–Kier alpha value is -1.81. The van der Waals surface area contributed by atoms with Crippen molar-refractivity contribution in [3.05, 3.63) is 35.9 Å². The van der Waals surface area contributed by atoms with E-state index in [1.54, 1.807) is 18.2 Å². The number of rotatable bonds is 2. The van der Waals surface area contributed by atoms with Crippen LogP contribution in [0.1, 0.15) is 11.6 Å². The third-order valence-corrected chi connectivity index (χ3v) is 2.16. The molecule has 15 heavy (non-hydrogen) atoms. The first-order chi connectivity index (χ1) is 7.22. The minimum Gasteiger partial charge on any atom is -0.507 e. The van der Waals surface area contributed by atoms with Crippen molar-refractivity contribution in [2.45, 2.75) is 13.5 Å². The molecule has 0 bridgehead atoms. The standard InChI is InChI=1S/C11H12N2O2/c1-7-11(15-10(6-12)13-7)8-4-2-3-5-9(8)14/h2-5,14H,6,12H2,1H3. The highest BCUT2D eigenvalue weighted by Gasteiger charge is 2.13. The number of aromatic hydroxyl groups is 1. The topological polar surface area (TPSA) is 72.3 Å². The van der Waals surface area contributed by atoms with Crippen LogP contribution in [0.2, 0.25) is 0 Å². The maximum absolute atomic E-state index is 9.65. The van der Waals surface area contributed by atoms with Crippen molar-refractivity contribution in [3.63, 3.8) is 0 Å². The molecular formula is C11H12N2O2. The second-order valence-electron chi connectivity index (χ2n) is 3.24. The molecule has 0 atom stereocenters. The Morgan fingerprint density at radius 3 is 2.73 bits per heavy atom. The number of nitrogens with zero attached hydrogens (tertiary/aromatic N) is 1. The fraction of sp³-hybridized carbons (Fsp3) is 0.182. The predicted molar refractivity (Wildman–Crippen MR) is 56.2 cm³/mol. The summed E-state index contributed by atoms with van der Waals surface area (Å²) in [6, 6.07) is 6.98. The molecule has 0 saturated heterocycles. The molecule has 4 heteroatoms. The molecule has 0 fully saturated rings. The zero-order valence-electron chi connectivity index (χ0n) is 8.40. The van der Waals surface area contributed by atoms with Gasteiger partial charge in [-0.3, -0.25) is 0 Å². The van der Waals surface area contributed by atoms with Gasteiger partial charge in [0.25, 0.3) is 0 Å². The average molecular weight is 204 g/mol. The smallest absolute Gasteiger partial charge is 0.208 e. The summed E-state index contributed by atoms with van der Waals surface area (Å²) in [6.07, 6.45) is 0. The first kappa shape index (κ1) is 9.73. The maximum Gasteiger partial charge on any atom is 0.208 e. The molecule has 0 amide bonds. The van der Waals surface area contributed by atoms with Crippen LogP contribution < -0.4 is 5.73 Å². The molecule has 0 aliphatic carbocycles. The maximum atomic E-state index is 9.65. The predicted octanol–water partition coefficient (Wildman–Crippen LogP) is 1.81. The van der Waals surface area contributed by atoms with E-state index in [1.165, 1.54) is 0 Å². The van der Waals surface area contributed by atoms with E-state index in [1.807, 2.05) is 13.0 Å². The van der Waals surface area contributed by atoms with Crippen molar-refractivity contribution in [2.24, 2.45) is 5.73 Å². The fourth-order valence-corrected chi connectivity index (χ4v) is 1.46. The number of phenolic OH excluding ortho intramolecular Hbond substituents is 1. The summed E-state index contributed by atoms with van der Waals surface area (Å²) < 4.78 is 5.43. The number of benzene rings is 1. The normalized spacial score (nSPS) is 10.5. The number of aryl methyl sites for hydroxylation is 1. The van der Waals surface area contributed by atoms with Gasteiger partial charge in [0.2, 0.25) is 5.89 Å². The van der Waals surface area contributed by atoms with E-state index in [0.717, 1.165) is 5.69 Å². The molecule has 1 heterocycles. The Balaban J connectivity index is 2.54. The SMILES string of the molecule is Cc1nc(CN)oc1-c1ccccc1O. The van der Waals surface area contributed by atoms with Gasteiger partial charge in [0.1, 0.15) is 5.75 Å². The van der Waals surface area contributed by atoms with Crippen LogP contribution in [0, 0.1) is 6.92 Å². The van der Waals surface area contributed by atoms with Gasteiger partial charge in [-0.05, 0) is 19.1 Å². The van der Waals surface area contributed by atoms with Crippen molar-refractivity contribution in [1.82, 2.24) is 4.98 Å². The van der Waals surface area contributed by atoms with E-state index in [4.69, 9.17) is 10.2 Å². The van der Waals surface area contributed by atoms with Gasteiger partial charge in [0, 0.05) is 0 Å². The van der Waals surface area contributed by atoms with Gasteiger partial charge < -0.3 is 15.3 Å². The van der Waals surface area contributed by atoms with Crippen molar-refractivity contribution >= 4 is 0 Å². The molecule has 3 N–H and O–H groups in total. The van der Waals surface area contributed by atoms with Crippen molar-refractivity contribution in [3.8, 4) is 17.1 Å². The highest BCUT2D eigenvalue weighted by molar-refractivity contribution is 5.66. The van der Waals surface area contributed by atoms with Crippen molar-refractivity contribution < 1.29 is 9.52 Å². The van der Waals surface area contributed by atoms with Gasteiger partial charge in [0.05, 0.1) is 17.8 Å². The van der Waals surface area contributed by atoms with Crippen LogP contribution in [0.4, 0.5) is 0 Å². The molecule has 2 aromatic rings. The van der Waals surface area contributed by atoms with Gasteiger partial charge in [0.15, 0.2) is 5.76 Å². The van der Waals surface area contributed by atoms with E-state index < -0.39 is 0 Å². The lowest BCUT2D eigenvalue weighted by molar-refractivity contribution is 0.469. The quantitative estimate of drug-likeness (QED) is 0.782. The number of hydrogen-bond donors (Lipinski definition) is 2. The summed E-state index contributed by atoms with van der Waals surface area (Å²) >= 11 is 0. The number of nitrogens with two attached hydrogens (primary N) is 1. The van der Waals surface area contributed by atoms with Gasteiger partial charge in [-0.2, -0.15) is 0 Å². The largest absolute Gasteiger partial charge is 0.507 e. The van der Waals surface area contributed by atoms with Gasteiger partial charge in [-0.25, -0.2) is 4.98 Å². The van der Waals surface area contributed by atoms with E-state index >= 15 is 0 Å². The molecule has 78 valence electrons. The summed E-state index contributed by atoms with van der Waals surface area (Å²) in [5.41, 5.74) is 6.80. The number of phenols is 1. The molecule has 0 unspecified atom stereocenters. The first-order valence-electron chi connectivity index (χ1n) is 4.67. The number of para-hydroxylation sites is 1. The lowest BCUT2D eigenvalue weighted by Gasteiger charge is -2.00. The van der Waals surface area contributed by atoms with Crippen LogP contribution >= 0.6 is 0 Å². The van der Waals surface area contributed by atoms with Crippen molar-refractivity contribution in [1.29, 1.82) is 0 Å². The number of aromatic nitrogens is 1. The minimum atomic E-state index is 0.181. The molecule has 1 aromatic carbocycles. The lowest BCUT2D eigenvalue weighted by atomic mass is 10.1. The van der Waals surface area contributed by atoms with Crippen LogP contribution in [0.15, 0.2) is 28.7 Å². The Labute approximate surface area is 87.4 Å². The average Bonchev–Trinajstić information content (AvgIpc) is 2.60. The van der Waals surface area contributed by atoms with Crippen LogP contribution in [-0.4, -0.2) is 10.1 Å². The minimum absolute atomic E-state index is 0.181. The lowest BCUT2D eigenvalue weighted by Crippen LogP contribution is -1.95. The molecule has 0 spiro atoms. The number of hydrogen-bond acceptors (Lipinski definition) is 4. The summed E-state index contributed by atoms with van der Waals surface area (Å²) in [7, 11) is 0. The third kappa shape index (κ3) is 1.71. The number of oxazole rings is 1. The molecule has 0 aliphatic rings.